The summed E-state index contributed by atoms with van der Waals surface area (Å²) in [4.78, 5) is 35.3. The molecule has 1 heterocycles. The summed E-state index contributed by atoms with van der Waals surface area (Å²) in [5, 5.41) is 11.4. The second-order valence-corrected chi connectivity index (χ2v) is 4.71. The van der Waals surface area contributed by atoms with Crippen molar-refractivity contribution in [3.05, 3.63) is 30.3 Å². The zero-order valence-electron chi connectivity index (χ0n) is 11.3. The molecular weight excluding hydrogens is 276 g/mol. The molecule has 1 atom stereocenters. The molecule has 0 spiro atoms. The number of carbonyl (C=O) groups excluding carboxylic acids is 2. The number of likely N-dealkylation sites (tertiary alicyclic amines) is 1. The van der Waals surface area contributed by atoms with Gasteiger partial charge >= 0.3 is 12.1 Å². The number of hydrogen-bond donors (Lipinski definition) is 2. The number of hydrogen-bond acceptors (Lipinski definition) is 4. The Bertz CT molecular complexity index is 531. The van der Waals surface area contributed by atoms with Gasteiger partial charge in [0.2, 0.25) is 5.91 Å². The summed E-state index contributed by atoms with van der Waals surface area (Å²) in [7, 11) is 0. The quantitative estimate of drug-likeness (QED) is 0.833. The normalized spacial score (nSPS) is 17.6. The van der Waals surface area contributed by atoms with Crippen LogP contribution in [-0.4, -0.2) is 47.6 Å². The topological polar surface area (TPSA) is 95.9 Å². The molecule has 0 radical (unpaired) electrons. The molecule has 0 aromatic heterocycles. The number of benzene rings is 1. The summed E-state index contributed by atoms with van der Waals surface area (Å²) in [5.41, 5.74) is 0. The maximum absolute atomic E-state index is 11.6. The average molecular weight is 292 g/mol. The van der Waals surface area contributed by atoms with E-state index in [4.69, 9.17) is 9.84 Å². The number of carbonyl (C=O) groups is 3. The van der Waals surface area contributed by atoms with E-state index in [2.05, 4.69) is 5.32 Å². The third-order valence-corrected chi connectivity index (χ3v) is 3.17. The van der Waals surface area contributed by atoms with Crippen LogP contribution < -0.4 is 10.1 Å². The van der Waals surface area contributed by atoms with Crippen LogP contribution in [0.25, 0.3) is 0 Å². The van der Waals surface area contributed by atoms with Gasteiger partial charge in [0.25, 0.3) is 0 Å². The molecule has 1 fully saturated rings. The number of ether oxygens (including phenoxy) is 1. The molecule has 2 N–H and O–H groups in total. The summed E-state index contributed by atoms with van der Waals surface area (Å²) in [6.07, 6.45) is -0.591. The molecule has 112 valence electrons. The van der Waals surface area contributed by atoms with Crippen LogP contribution in [0.15, 0.2) is 30.3 Å². The number of carboxylic acids is 1. The molecule has 2 amide bonds. The van der Waals surface area contributed by atoms with E-state index in [1.807, 2.05) is 6.07 Å². The van der Waals surface area contributed by atoms with Gasteiger partial charge in [-0.15, -0.1) is 0 Å². The minimum Gasteiger partial charge on any atom is -0.481 e. The lowest BCUT2D eigenvalue weighted by Gasteiger charge is -2.16. The van der Waals surface area contributed by atoms with Gasteiger partial charge in [-0.05, 0) is 12.1 Å². The van der Waals surface area contributed by atoms with Gasteiger partial charge in [0.05, 0.1) is 5.92 Å². The molecule has 7 nitrogen and oxygen atoms in total. The molecule has 0 saturated carbocycles. The van der Waals surface area contributed by atoms with Crippen LogP contribution in [0, 0.1) is 5.92 Å². The second-order valence-electron chi connectivity index (χ2n) is 4.71. The number of aliphatic carboxylic acids is 1. The first-order chi connectivity index (χ1) is 10.1. The summed E-state index contributed by atoms with van der Waals surface area (Å²) in [6, 6.07) is 8.61. The van der Waals surface area contributed by atoms with Crippen molar-refractivity contribution in [3.63, 3.8) is 0 Å². The molecule has 0 bridgehead atoms. The van der Waals surface area contributed by atoms with Crippen molar-refractivity contribution >= 4 is 18.0 Å². The van der Waals surface area contributed by atoms with Crippen molar-refractivity contribution < 1.29 is 24.2 Å². The molecule has 0 aliphatic carbocycles. The lowest BCUT2D eigenvalue weighted by Crippen LogP contribution is -2.37. The van der Waals surface area contributed by atoms with Crippen molar-refractivity contribution in [2.75, 3.05) is 19.6 Å². The fourth-order valence-electron chi connectivity index (χ4n) is 2.08. The van der Waals surface area contributed by atoms with Gasteiger partial charge in [-0.25, -0.2) is 4.79 Å². The molecule has 1 unspecified atom stereocenters. The number of carboxylic acid groups (broad SMARTS) is 1. The highest BCUT2D eigenvalue weighted by molar-refractivity contribution is 5.86. The fraction of sp³-hybridized carbons (Fsp3) is 0.357. The third kappa shape index (κ3) is 4.20. The second kappa shape index (κ2) is 6.74. The van der Waals surface area contributed by atoms with Gasteiger partial charge in [0, 0.05) is 26.1 Å². The highest BCUT2D eigenvalue weighted by atomic mass is 16.6. The summed E-state index contributed by atoms with van der Waals surface area (Å²) in [6.45, 7) is 0.666. The minimum absolute atomic E-state index is 0.0177. The van der Waals surface area contributed by atoms with Crippen LogP contribution in [-0.2, 0) is 9.59 Å². The average Bonchev–Trinajstić information content (AvgIpc) is 2.82. The van der Waals surface area contributed by atoms with Gasteiger partial charge in [0.1, 0.15) is 5.75 Å². The number of nitrogens with zero attached hydrogens (tertiary/aromatic N) is 1. The number of rotatable bonds is 5. The van der Waals surface area contributed by atoms with Crippen molar-refractivity contribution in [1.82, 2.24) is 10.2 Å². The van der Waals surface area contributed by atoms with E-state index in [1.165, 1.54) is 4.90 Å². The van der Waals surface area contributed by atoms with Crippen LogP contribution in [0.5, 0.6) is 5.75 Å². The van der Waals surface area contributed by atoms with Crippen LogP contribution in [0.2, 0.25) is 0 Å². The SMILES string of the molecule is O=C(NCCN1CC(C(=O)O)CC1=O)Oc1ccccc1. The molecule has 1 saturated heterocycles. The van der Waals surface area contributed by atoms with Crippen LogP contribution in [0.4, 0.5) is 4.79 Å². The summed E-state index contributed by atoms with van der Waals surface area (Å²) >= 11 is 0. The lowest BCUT2D eigenvalue weighted by molar-refractivity contribution is -0.141. The Balaban J connectivity index is 1.71. The zero-order chi connectivity index (χ0) is 15.2. The Morgan fingerprint density at radius 1 is 1.33 bits per heavy atom. The molecule has 1 aromatic rings. The van der Waals surface area contributed by atoms with E-state index < -0.39 is 18.0 Å². The predicted octanol–water partition coefficient (Wildman–Crippen LogP) is 0.708. The number of nitrogens with one attached hydrogen (secondary N) is 1. The molecule has 2 rings (SSSR count). The maximum atomic E-state index is 11.6. The van der Waals surface area contributed by atoms with Gasteiger partial charge < -0.3 is 20.1 Å². The first kappa shape index (κ1) is 14.8. The highest BCUT2D eigenvalue weighted by Gasteiger charge is 2.33. The fourth-order valence-corrected chi connectivity index (χ4v) is 2.08. The molecule has 1 aromatic carbocycles. The van der Waals surface area contributed by atoms with Gasteiger partial charge in [-0.1, -0.05) is 18.2 Å². The lowest BCUT2D eigenvalue weighted by atomic mass is 10.1. The van der Waals surface area contributed by atoms with Crippen molar-refractivity contribution in [2.45, 2.75) is 6.42 Å². The van der Waals surface area contributed by atoms with E-state index in [1.54, 1.807) is 24.3 Å². The van der Waals surface area contributed by atoms with Gasteiger partial charge in [-0.3, -0.25) is 9.59 Å². The van der Waals surface area contributed by atoms with Crippen LogP contribution in [0.1, 0.15) is 6.42 Å². The Labute approximate surface area is 121 Å². The summed E-state index contributed by atoms with van der Waals surface area (Å²) < 4.78 is 5.02. The van der Waals surface area contributed by atoms with Gasteiger partial charge in [0.15, 0.2) is 0 Å². The molecular formula is C14H16N2O5. The Kier molecular flexibility index (Phi) is 4.76. The Hall–Kier alpha value is -2.57. The minimum atomic E-state index is -0.970. The largest absolute Gasteiger partial charge is 0.481 e. The molecule has 1 aliphatic heterocycles. The highest BCUT2D eigenvalue weighted by Crippen LogP contribution is 2.17. The first-order valence-corrected chi connectivity index (χ1v) is 6.57. The maximum Gasteiger partial charge on any atom is 0.412 e. The molecule has 1 aliphatic rings. The van der Waals surface area contributed by atoms with Crippen molar-refractivity contribution in [3.8, 4) is 5.75 Å². The smallest absolute Gasteiger partial charge is 0.412 e. The molecule has 7 heteroatoms. The van der Waals surface area contributed by atoms with E-state index in [9.17, 15) is 14.4 Å². The number of amides is 2. The van der Waals surface area contributed by atoms with Crippen LogP contribution in [0.3, 0.4) is 0 Å². The molecule has 21 heavy (non-hydrogen) atoms. The van der Waals surface area contributed by atoms with E-state index in [0.29, 0.717) is 5.75 Å². The number of para-hydroxylation sites is 1. The first-order valence-electron chi connectivity index (χ1n) is 6.57. The van der Waals surface area contributed by atoms with Crippen molar-refractivity contribution in [2.24, 2.45) is 5.92 Å². The standard InChI is InChI=1S/C14H16N2O5/c17-12-8-10(13(18)19)9-16(12)7-6-15-14(20)21-11-4-2-1-3-5-11/h1-5,10H,6-9H2,(H,15,20)(H,18,19). The van der Waals surface area contributed by atoms with E-state index in [-0.39, 0.29) is 32.0 Å². The van der Waals surface area contributed by atoms with Crippen LogP contribution >= 0.6 is 0 Å². The third-order valence-electron chi connectivity index (χ3n) is 3.17. The van der Waals surface area contributed by atoms with E-state index >= 15 is 0 Å². The van der Waals surface area contributed by atoms with E-state index in [0.717, 1.165) is 0 Å². The van der Waals surface area contributed by atoms with Crippen molar-refractivity contribution in [1.29, 1.82) is 0 Å². The monoisotopic (exact) mass is 292 g/mol. The Morgan fingerprint density at radius 2 is 2.05 bits per heavy atom. The van der Waals surface area contributed by atoms with Gasteiger partial charge in [-0.2, -0.15) is 0 Å². The predicted molar refractivity (Wildman–Crippen MR) is 72.8 cm³/mol. The summed E-state index contributed by atoms with van der Waals surface area (Å²) in [5.74, 6) is -1.41. The zero-order valence-corrected chi connectivity index (χ0v) is 11.3. The Morgan fingerprint density at radius 3 is 2.67 bits per heavy atom.